The summed E-state index contributed by atoms with van der Waals surface area (Å²) in [5.41, 5.74) is 6.57. The van der Waals surface area contributed by atoms with Gasteiger partial charge >= 0.3 is 0 Å². The zero-order valence-electron chi connectivity index (χ0n) is 14.3. The first-order chi connectivity index (χ1) is 12.8. The number of benzene rings is 3. The number of hydrogen-bond donors (Lipinski definition) is 0. The molecule has 4 rings (SSSR count). The lowest BCUT2D eigenvalue weighted by molar-refractivity contribution is 0.613. The lowest BCUT2D eigenvalue weighted by Gasteiger charge is -2.19. The van der Waals surface area contributed by atoms with Crippen molar-refractivity contribution in [3.63, 3.8) is 0 Å². The van der Waals surface area contributed by atoms with E-state index in [4.69, 9.17) is 4.42 Å². The molecule has 1 aliphatic carbocycles. The van der Waals surface area contributed by atoms with Gasteiger partial charge in [-0.15, -0.1) is 0 Å². The Labute approximate surface area is 211 Å². The zero-order chi connectivity index (χ0) is 19.5. The van der Waals surface area contributed by atoms with Gasteiger partial charge in [0.25, 0.3) is 0 Å². The van der Waals surface area contributed by atoms with E-state index < -0.39 is 0 Å². The summed E-state index contributed by atoms with van der Waals surface area (Å²) >= 11 is 8.98. The molecule has 0 saturated heterocycles. The maximum absolute atomic E-state index is 12.6. The van der Waals surface area contributed by atoms with Crippen LogP contribution in [0.15, 0.2) is 45.6 Å². The van der Waals surface area contributed by atoms with Crippen LogP contribution in [0.2, 0.25) is 0 Å². The van der Waals surface area contributed by atoms with E-state index >= 15 is 0 Å². The molecule has 0 atom stereocenters. The normalized spacial score (nSPS) is 11.5. The van der Waals surface area contributed by atoms with Crippen LogP contribution >= 0.6 is 90.4 Å². The topological polar surface area (TPSA) is 30.2 Å². The molecule has 0 spiro atoms. The molecule has 2 aliphatic rings. The molecule has 0 fully saturated rings. The van der Waals surface area contributed by atoms with Crippen LogP contribution in [0.3, 0.4) is 0 Å². The zero-order valence-corrected chi connectivity index (χ0v) is 22.9. The van der Waals surface area contributed by atoms with Gasteiger partial charge < -0.3 is 4.42 Å². The summed E-state index contributed by atoms with van der Waals surface area (Å²) in [7, 11) is 0. The Morgan fingerprint density at radius 2 is 1.56 bits per heavy atom. The summed E-state index contributed by atoms with van der Waals surface area (Å²) < 4.78 is 10.0. The van der Waals surface area contributed by atoms with Crippen molar-refractivity contribution in [2.75, 3.05) is 0 Å². The number of aryl methyl sites for hydroxylation is 1. The third kappa shape index (κ3) is 3.35. The number of fused-ring (bicyclic) bond motifs is 2. The molecule has 0 bridgehead atoms. The van der Waals surface area contributed by atoms with Gasteiger partial charge in [-0.3, -0.25) is 4.79 Å². The third-order valence-corrected chi connectivity index (χ3v) is 8.89. The molecule has 136 valence electrons. The fourth-order valence-electron chi connectivity index (χ4n) is 3.24. The van der Waals surface area contributed by atoms with Crippen LogP contribution in [0.25, 0.3) is 33.4 Å². The lowest BCUT2D eigenvalue weighted by Crippen LogP contribution is -2.12. The Morgan fingerprint density at radius 3 is 2.26 bits per heavy atom. The van der Waals surface area contributed by atoms with Gasteiger partial charge in [-0.1, -0.05) is 24.3 Å². The highest BCUT2D eigenvalue weighted by Crippen LogP contribution is 2.45. The molecule has 0 unspecified atom stereocenters. The van der Waals surface area contributed by atoms with Crippen molar-refractivity contribution in [2.24, 2.45) is 0 Å². The molecule has 2 aromatic carbocycles. The minimum Gasteiger partial charge on any atom is -0.454 e. The van der Waals surface area contributed by atoms with Gasteiger partial charge in [0.2, 0.25) is 5.43 Å². The summed E-state index contributed by atoms with van der Waals surface area (Å²) in [5.74, 6) is 0.672. The maximum Gasteiger partial charge on any atom is 0.209 e. The van der Waals surface area contributed by atoms with Crippen LogP contribution in [-0.2, 0) is 0 Å². The molecule has 0 radical (unpaired) electrons. The summed E-state index contributed by atoms with van der Waals surface area (Å²) in [4.78, 5) is 12.6. The van der Waals surface area contributed by atoms with E-state index in [1.807, 2.05) is 6.07 Å². The van der Waals surface area contributed by atoms with Gasteiger partial charge in [-0.25, -0.2) is 0 Å². The van der Waals surface area contributed by atoms with Gasteiger partial charge in [0.1, 0.15) is 9.15 Å². The van der Waals surface area contributed by atoms with E-state index in [0.29, 0.717) is 12.9 Å². The second kappa shape index (κ2) is 7.71. The van der Waals surface area contributed by atoms with Crippen molar-refractivity contribution in [3.8, 4) is 22.5 Å². The van der Waals surface area contributed by atoms with Gasteiger partial charge in [-0.2, -0.15) is 0 Å². The SMILES string of the molecule is Cc1ccccc1-c1c2cc(I)c(=O)c(I)c-2oc2c(I)c(C)c(I)cc12. The Kier molecular flexibility index (Phi) is 5.80. The smallest absolute Gasteiger partial charge is 0.209 e. The Balaban J connectivity index is 2.34. The second-order valence-corrected chi connectivity index (χ2v) is 10.8. The molecule has 0 saturated carbocycles. The summed E-state index contributed by atoms with van der Waals surface area (Å²) in [6, 6.07) is 12.5. The Bertz CT molecular complexity index is 1260. The summed E-state index contributed by atoms with van der Waals surface area (Å²) in [6.07, 6.45) is 0. The average Bonchev–Trinajstić information content (AvgIpc) is 2.64. The minimum absolute atomic E-state index is 0.0276. The first-order valence-corrected chi connectivity index (χ1v) is 12.4. The van der Waals surface area contributed by atoms with Crippen molar-refractivity contribution in [1.29, 1.82) is 0 Å². The van der Waals surface area contributed by atoms with Crippen molar-refractivity contribution in [1.82, 2.24) is 0 Å². The monoisotopic (exact) mass is 804 g/mol. The lowest BCUT2D eigenvalue weighted by atomic mass is 9.91. The van der Waals surface area contributed by atoms with Crippen LogP contribution < -0.4 is 5.43 Å². The van der Waals surface area contributed by atoms with Crippen LogP contribution in [0.4, 0.5) is 0 Å². The molecular weight excluding hydrogens is 792 g/mol. The standard InChI is InChI=1S/C21H12I4O2/c1-9-5-3-4-6-11(9)16-12-7-14(22)10(2)17(24)20(12)27-21-13(16)8-15(23)19(26)18(21)25/h3-8H,1-2H3. The van der Waals surface area contributed by atoms with E-state index in [-0.39, 0.29) is 5.43 Å². The molecule has 2 nitrogen and oxygen atoms in total. The third-order valence-electron chi connectivity index (χ3n) is 4.69. The largest absolute Gasteiger partial charge is 0.454 e. The Hall–Kier alpha value is 0.0500. The first kappa shape index (κ1) is 20.3. The van der Waals surface area contributed by atoms with Crippen LogP contribution in [-0.4, -0.2) is 0 Å². The molecule has 2 aromatic rings. The predicted octanol–water partition coefficient (Wildman–Crippen LogP) is 7.60. The quantitative estimate of drug-likeness (QED) is 0.147. The van der Waals surface area contributed by atoms with Crippen LogP contribution in [0.1, 0.15) is 11.1 Å². The molecule has 1 heterocycles. The van der Waals surface area contributed by atoms with E-state index in [1.165, 1.54) is 20.3 Å². The molecule has 27 heavy (non-hydrogen) atoms. The van der Waals surface area contributed by atoms with E-state index in [0.717, 1.165) is 25.7 Å². The maximum atomic E-state index is 12.6. The minimum atomic E-state index is 0.0276. The predicted molar refractivity (Wildman–Crippen MR) is 145 cm³/mol. The average molecular weight is 804 g/mol. The molecule has 0 N–H and O–H groups in total. The number of halogens is 4. The highest BCUT2D eigenvalue weighted by molar-refractivity contribution is 14.1. The number of rotatable bonds is 1. The highest BCUT2D eigenvalue weighted by atomic mass is 127. The van der Waals surface area contributed by atoms with Crippen LogP contribution in [0.5, 0.6) is 0 Å². The highest BCUT2D eigenvalue weighted by Gasteiger charge is 2.25. The van der Waals surface area contributed by atoms with E-state index in [9.17, 15) is 4.79 Å². The summed E-state index contributed by atoms with van der Waals surface area (Å²) in [6.45, 7) is 4.23. The van der Waals surface area contributed by atoms with E-state index in [1.54, 1.807) is 0 Å². The Morgan fingerprint density at radius 1 is 0.852 bits per heavy atom. The van der Waals surface area contributed by atoms with Crippen molar-refractivity contribution in [2.45, 2.75) is 13.8 Å². The molecule has 6 heteroatoms. The molecule has 0 amide bonds. The van der Waals surface area contributed by atoms with Gasteiger partial charge in [-0.05, 0) is 133 Å². The van der Waals surface area contributed by atoms with E-state index in [2.05, 4.69) is 135 Å². The molecular formula is C21H12I4O2. The van der Waals surface area contributed by atoms with Crippen molar-refractivity contribution >= 4 is 101 Å². The van der Waals surface area contributed by atoms with Crippen molar-refractivity contribution < 1.29 is 4.42 Å². The number of hydrogen-bond acceptors (Lipinski definition) is 2. The molecule has 0 aromatic heterocycles. The fourth-order valence-corrected chi connectivity index (χ4v) is 6.82. The van der Waals surface area contributed by atoms with Gasteiger partial charge in [0.15, 0.2) is 5.76 Å². The van der Waals surface area contributed by atoms with Gasteiger partial charge in [0, 0.05) is 20.1 Å². The second-order valence-electron chi connectivity index (χ2n) is 6.34. The summed E-state index contributed by atoms with van der Waals surface area (Å²) in [5, 5.41) is 1.08. The van der Waals surface area contributed by atoms with Crippen LogP contribution in [0, 0.1) is 28.1 Å². The fraction of sp³-hybridized carbons (Fsp3) is 0.0952. The molecule has 1 aliphatic heterocycles. The van der Waals surface area contributed by atoms with Gasteiger partial charge in [0.05, 0.1) is 7.14 Å². The van der Waals surface area contributed by atoms with Crippen molar-refractivity contribution in [3.05, 3.63) is 72.0 Å². The first-order valence-electron chi connectivity index (χ1n) is 8.10.